The Bertz CT molecular complexity index is 777. The average Bonchev–Trinajstić information content (AvgIpc) is 2.48. The molecule has 0 spiro atoms. The Morgan fingerprint density at radius 3 is 2.55 bits per heavy atom. The lowest BCUT2D eigenvalue weighted by Crippen LogP contribution is -1.93. The molecule has 1 nitrogen and oxygen atoms in total. The monoisotopic (exact) mass is 266 g/mol. The maximum atomic E-state index is 14.2. The molecule has 0 heterocycles. The third-order valence-electron chi connectivity index (χ3n) is 3.65. The topological polar surface area (TPSA) is 20.2 Å². The maximum absolute atomic E-state index is 14.2. The minimum absolute atomic E-state index is 0.142. The van der Waals surface area contributed by atoms with Gasteiger partial charge in [0.2, 0.25) is 0 Å². The van der Waals surface area contributed by atoms with Crippen LogP contribution in [0.3, 0.4) is 0 Å². The Morgan fingerprint density at radius 1 is 0.950 bits per heavy atom. The Labute approximate surface area is 117 Å². The highest BCUT2D eigenvalue weighted by molar-refractivity contribution is 5.95. The third kappa shape index (κ3) is 1.94. The number of phenols is 1. The Balaban J connectivity index is 2.33. The first-order chi connectivity index (χ1) is 9.72. The maximum Gasteiger partial charge on any atom is 0.131 e. The van der Waals surface area contributed by atoms with Crippen molar-refractivity contribution in [2.24, 2.45) is 0 Å². The van der Waals surface area contributed by atoms with Crippen molar-refractivity contribution in [3.8, 4) is 16.9 Å². The molecule has 0 aromatic heterocycles. The molecular weight excluding hydrogens is 251 g/mol. The number of rotatable bonds is 2. The van der Waals surface area contributed by atoms with Gasteiger partial charge in [-0.15, -0.1) is 0 Å². The van der Waals surface area contributed by atoms with Crippen LogP contribution in [0.2, 0.25) is 0 Å². The van der Waals surface area contributed by atoms with E-state index in [1.54, 1.807) is 12.1 Å². The molecule has 0 unspecified atom stereocenters. The molecule has 0 amide bonds. The minimum atomic E-state index is -0.296. The molecule has 3 aromatic rings. The van der Waals surface area contributed by atoms with E-state index in [2.05, 4.69) is 0 Å². The van der Waals surface area contributed by atoms with Crippen LogP contribution in [-0.2, 0) is 6.42 Å². The molecule has 0 bridgehead atoms. The summed E-state index contributed by atoms with van der Waals surface area (Å²) in [5.41, 5.74) is 1.95. The summed E-state index contributed by atoms with van der Waals surface area (Å²) >= 11 is 0. The van der Waals surface area contributed by atoms with Crippen LogP contribution in [0.25, 0.3) is 21.9 Å². The van der Waals surface area contributed by atoms with Crippen LogP contribution in [0.1, 0.15) is 12.5 Å². The van der Waals surface area contributed by atoms with Gasteiger partial charge in [0.1, 0.15) is 11.6 Å². The van der Waals surface area contributed by atoms with Crippen molar-refractivity contribution in [3.05, 3.63) is 66.0 Å². The van der Waals surface area contributed by atoms with Gasteiger partial charge in [-0.1, -0.05) is 49.4 Å². The second kappa shape index (κ2) is 4.97. The lowest BCUT2D eigenvalue weighted by Gasteiger charge is -2.12. The molecule has 100 valence electrons. The molecule has 0 aliphatic rings. The zero-order valence-corrected chi connectivity index (χ0v) is 11.2. The van der Waals surface area contributed by atoms with E-state index in [0.29, 0.717) is 11.1 Å². The number of phenolic OH excluding ortho intramolecular Hbond substituents is 1. The number of hydrogen-bond donors (Lipinski definition) is 1. The van der Waals surface area contributed by atoms with E-state index in [1.807, 2.05) is 43.3 Å². The number of halogens is 1. The summed E-state index contributed by atoms with van der Waals surface area (Å²) in [6.07, 6.45) is 0.722. The van der Waals surface area contributed by atoms with Crippen LogP contribution < -0.4 is 0 Å². The highest BCUT2D eigenvalue weighted by Crippen LogP contribution is 2.38. The molecule has 3 aromatic carbocycles. The molecular formula is C18H15FO. The molecule has 3 rings (SSSR count). The molecule has 0 fully saturated rings. The van der Waals surface area contributed by atoms with E-state index in [0.717, 1.165) is 22.8 Å². The van der Waals surface area contributed by atoms with Crippen molar-refractivity contribution in [2.75, 3.05) is 0 Å². The number of fused-ring (bicyclic) bond motifs is 1. The molecule has 0 saturated carbocycles. The smallest absolute Gasteiger partial charge is 0.131 e. The number of aromatic hydroxyl groups is 1. The zero-order chi connectivity index (χ0) is 14.1. The van der Waals surface area contributed by atoms with Crippen LogP contribution in [0.4, 0.5) is 4.39 Å². The first-order valence-corrected chi connectivity index (χ1v) is 6.71. The van der Waals surface area contributed by atoms with Crippen LogP contribution in [0.5, 0.6) is 5.75 Å². The fraction of sp³-hybridized carbons (Fsp3) is 0.111. The van der Waals surface area contributed by atoms with Crippen LogP contribution in [0, 0.1) is 5.82 Å². The third-order valence-corrected chi connectivity index (χ3v) is 3.65. The second-order valence-electron chi connectivity index (χ2n) is 4.81. The van der Waals surface area contributed by atoms with E-state index in [1.165, 1.54) is 6.07 Å². The van der Waals surface area contributed by atoms with Gasteiger partial charge in [0.25, 0.3) is 0 Å². The lowest BCUT2D eigenvalue weighted by molar-refractivity contribution is 0.483. The van der Waals surface area contributed by atoms with Crippen molar-refractivity contribution in [3.63, 3.8) is 0 Å². The summed E-state index contributed by atoms with van der Waals surface area (Å²) in [6.45, 7) is 1.98. The minimum Gasteiger partial charge on any atom is -0.507 e. The highest BCUT2D eigenvalue weighted by atomic mass is 19.1. The van der Waals surface area contributed by atoms with Crippen molar-refractivity contribution in [2.45, 2.75) is 13.3 Å². The summed E-state index contributed by atoms with van der Waals surface area (Å²) in [5, 5.41) is 12.2. The van der Waals surface area contributed by atoms with Gasteiger partial charge in [-0.3, -0.25) is 0 Å². The lowest BCUT2D eigenvalue weighted by atomic mass is 9.94. The normalized spacial score (nSPS) is 10.9. The zero-order valence-electron chi connectivity index (χ0n) is 11.2. The summed E-state index contributed by atoms with van der Waals surface area (Å²) < 4.78 is 14.2. The first kappa shape index (κ1) is 12.7. The fourth-order valence-electron chi connectivity index (χ4n) is 2.62. The van der Waals surface area contributed by atoms with Crippen LogP contribution >= 0.6 is 0 Å². The Morgan fingerprint density at radius 2 is 1.75 bits per heavy atom. The SMILES string of the molecule is CCc1cccc(F)c1-c1ccc2ccccc2c1O. The van der Waals surface area contributed by atoms with Gasteiger partial charge in [0.05, 0.1) is 0 Å². The quantitative estimate of drug-likeness (QED) is 0.698. The van der Waals surface area contributed by atoms with Gasteiger partial charge in [0.15, 0.2) is 0 Å². The van der Waals surface area contributed by atoms with Crippen molar-refractivity contribution < 1.29 is 9.50 Å². The van der Waals surface area contributed by atoms with E-state index in [9.17, 15) is 9.50 Å². The van der Waals surface area contributed by atoms with Gasteiger partial charge in [-0.05, 0) is 29.5 Å². The predicted octanol–water partition coefficient (Wildman–Crippen LogP) is 4.91. The molecule has 0 saturated heterocycles. The molecule has 0 aliphatic heterocycles. The predicted molar refractivity (Wildman–Crippen MR) is 80.4 cm³/mol. The fourth-order valence-corrected chi connectivity index (χ4v) is 2.62. The van der Waals surface area contributed by atoms with E-state index < -0.39 is 0 Å². The molecule has 0 aliphatic carbocycles. The van der Waals surface area contributed by atoms with Crippen molar-refractivity contribution in [1.82, 2.24) is 0 Å². The summed E-state index contributed by atoms with van der Waals surface area (Å²) in [7, 11) is 0. The second-order valence-corrected chi connectivity index (χ2v) is 4.81. The van der Waals surface area contributed by atoms with Gasteiger partial charge in [0, 0.05) is 16.5 Å². The van der Waals surface area contributed by atoms with Gasteiger partial charge in [-0.25, -0.2) is 4.39 Å². The van der Waals surface area contributed by atoms with Gasteiger partial charge in [-0.2, -0.15) is 0 Å². The number of aryl methyl sites for hydroxylation is 1. The molecule has 2 heteroatoms. The molecule has 0 radical (unpaired) electrons. The molecule has 20 heavy (non-hydrogen) atoms. The van der Waals surface area contributed by atoms with Crippen LogP contribution in [0.15, 0.2) is 54.6 Å². The summed E-state index contributed by atoms with van der Waals surface area (Å²) in [6, 6.07) is 16.3. The highest BCUT2D eigenvalue weighted by Gasteiger charge is 2.15. The van der Waals surface area contributed by atoms with Crippen molar-refractivity contribution in [1.29, 1.82) is 0 Å². The molecule has 0 atom stereocenters. The van der Waals surface area contributed by atoms with Crippen molar-refractivity contribution >= 4 is 10.8 Å². The number of benzene rings is 3. The van der Waals surface area contributed by atoms with Gasteiger partial charge < -0.3 is 5.11 Å². The van der Waals surface area contributed by atoms with Gasteiger partial charge >= 0.3 is 0 Å². The first-order valence-electron chi connectivity index (χ1n) is 6.71. The number of hydrogen-bond acceptors (Lipinski definition) is 1. The Hall–Kier alpha value is -2.35. The van der Waals surface area contributed by atoms with E-state index in [4.69, 9.17) is 0 Å². The molecule has 1 N–H and O–H groups in total. The summed E-state index contributed by atoms with van der Waals surface area (Å²) in [5.74, 6) is -0.155. The average molecular weight is 266 g/mol. The van der Waals surface area contributed by atoms with E-state index in [-0.39, 0.29) is 11.6 Å². The van der Waals surface area contributed by atoms with Crippen LogP contribution in [-0.4, -0.2) is 5.11 Å². The largest absolute Gasteiger partial charge is 0.507 e. The van der Waals surface area contributed by atoms with E-state index >= 15 is 0 Å². The Kier molecular flexibility index (Phi) is 3.15. The standard InChI is InChI=1S/C18H15FO/c1-2-12-7-5-9-16(19)17(12)15-11-10-13-6-3-4-8-14(13)18(15)20/h3-11,20H,2H2,1H3. The summed E-state index contributed by atoms with van der Waals surface area (Å²) in [4.78, 5) is 0.